The van der Waals surface area contributed by atoms with Crippen LogP contribution in [0.4, 0.5) is 0 Å². The van der Waals surface area contributed by atoms with Gasteiger partial charge < -0.3 is 4.90 Å². The Balaban J connectivity index is 1.43. The van der Waals surface area contributed by atoms with E-state index < -0.39 is 10.0 Å². The molecule has 2 fully saturated rings. The zero-order valence-corrected chi connectivity index (χ0v) is 17.7. The Bertz CT molecular complexity index is 941. The van der Waals surface area contributed by atoms with E-state index in [1.165, 1.54) is 22.1 Å². The predicted molar refractivity (Wildman–Crippen MR) is 109 cm³/mol. The van der Waals surface area contributed by atoms with E-state index in [0.717, 1.165) is 19.4 Å². The minimum Gasteiger partial charge on any atom is -0.335 e. The number of sulfonamides is 1. The molecule has 1 amide bonds. The highest BCUT2D eigenvalue weighted by molar-refractivity contribution is 7.89. The number of pyridine rings is 1. The lowest BCUT2D eigenvalue weighted by Gasteiger charge is -2.34. The molecule has 2 aliphatic heterocycles. The molecule has 2 aromatic heterocycles. The zero-order chi connectivity index (χ0) is 19.7. The Morgan fingerprint density at radius 3 is 2.64 bits per heavy atom. The van der Waals surface area contributed by atoms with Gasteiger partial charge in [-0.05, 0) is 60.2 Å². The molecule has 2 aliphatic rings. The number of nitrogens with zero attached hydrogens (tertiary/aromatic N) is 3. The van der Waals surface area contributed by atoms with Gasteiger partial charge in [0.2, 0.25) is 15.9 Å². The molecule has 2 aromatic rings. The molecule has 4 heterocycles. The average Bonchev–Trinajstić information content (AvgIpc) is 3.39. The van der Waals surface area contributed by atoms with Crippen LogP contribution in [0.25, 0.3) is 0 Å². The second kappa shape index (κ2) is 8.10. The molecule has 1 unspecified atom stereocenters. The first-order chi connectivity index (χ1) is 13.5. The maximum atomic E-state index is 13.1. The smallest absolute Gasteiger partial charge is 0.246 e. The number of carbonyl (C=O) groups excluding carboxylic acids is 1. The van der Waals surface area contributed by atoms with E-state index in [-0.39, 0.29) is 27.9 Å². The largest absolute Gasteiger partial charge is 0.335 e. The van der Waals surface area contributed by atoms with E-state index in [1.807, 2.05) is 10.3 Å². The first-order valence-electron chi connectivity index (χ1n) is 9.41. The van der Waals surface area contributed by atoms with Crippen molar-refractivity contribution in [2.45, 2.75) is 36.6 Å². The van der Waals surface area contributed by atoms with Gasteiger partial charge >= 0.3 is 0 Å². The maximum Gasteiger partial charge on any atom is 0.246 e. The molecular formula is C19H22ClN3O3S2. The Kier molecular flexibility index (Phi) is 5.73. The summed E-state index contributed by atoms with van der Waals surface area (Å²) in [6.07, 6.45) is 4.53. The van der Waals surface area contributed by atoms with E-state index in [1.54, 1.807) is 17.4 Å². The molecule has 0 bridgehead atoms. The number of thiophene rings is 1. The van der Waals surface area contributed by atoms with Crippen molar-refractivity contribution >= 4 is 38.9 Å². The summed E-state index contributed by atoms with van der Waals surface area (Å²) < 4.78 is 27.1. The molecule has 0 aliphatic carbocycles. The minimum atomic E-state index is -3.69. The number of hydrogen-bond acceptors (Lipinski definition) is 5. The Labute approximate surface area is 174 Å². The summed E-state index contributed by atoms with van der Waals surface area (Å²) in [4.78, 5) is 19.0. The van der Waals surface area contributed by atoms with Crippen LogP contribution in [0.1, 0.15) is 37.3 Å². The second-order valence-corrected chi connectivity index (χ2v) is 10.3. The normalized spacial score (nSPS) is 21.9. The van der Waals surface area contributed by atoms with Crippen LogP contribution in [0, 0.1) is 5.92 Å². The number of carbonyl (C=O) groups is 1. The van der Waals surface area contributed by atoms with Gasteiger partial charge in [0.15, 0.2) is 0 Å². The lowest BCUT2D eigenvalue weighted by Crippen LogP contribution is -2.44. The SMILES string of the molecule is O=C(C1CCN(S(=O)(=O)c2cccnc2Cl)CC1)N1CCCC1c1ccsc1. The molecule has 0 saturated carbocycles. The third kappa shape index (κ3) is 3.70. The molecule has 150 valence electrons. The van der Waals surface area contributed by atoms with Crippen LogP contribution in [-0.4, -0.2) is 48.1 Å². The Morgan fingerprint density at radius 2 is 1.96 bits per heavy atom. The molecule has 6 nitrogen and oxygen atoms in total. The van der Waals surface area contributed by atoms with Gasteiger partial charge in [0.1, 0.15) is 10.0 Å². The van der Waals surface area contributed by atoms with Gasteiger partial charge in [-0.3, -0.25) is 4.79 Å². The zero-order valence-electron chi connectivity index (χ0n) is 15.3. The average molecular weight is 440 g/mol. The summed E-state index contributed by atoms with van der Waals surface area (Å²) >= 11 is 7.63. The lowest BCUT2D eigenvalue weighted by molar-refractivity contribution is -0.137. The summed E-state index contributed by atoms with van der Waals surface area (Å²) in [6.45, 7) is 1.42. The van der Waals surface area contributed by atoms with Crippen LogP contribution < -0.4 is 0 Å². The molecular weight excluding hydrogens is 418 g/mol. The van der Waals surface area contributed by atoms with Crippen molar-refractivity contribution in [1.29, 1.82) is 0 Å². The monoisotopic (exact) mass is 439 g/mol. The number of likely N-dealkylation sites (tertiary alicyclic amines) is 1. The van der Waals surface area contributed by atoms with Gasteiger partial charge in [-0.25, -0.2) is 13.4 Å². The van der Waals surface area contributed by atoms with Crippen molar-refractivity contribution < 1.29 is 13.2 Å². The highest BCUT2D eigenvalue weighted by Gasteiger charge is 2.38. The minimum absolute atomic E-state index is 0.0172. The van der Waals surface area contributed by atoms with Gasteiger partial charge in [-0.1, -0.05) is 11.6 Å². The number of halogens is 1. The standard InChI is InChI=1S/C19H22ClN3O3S2/c20-18-17(4-1-8-21-18)28(25,26)22-10-5-14(6-11-22)19(24)23-9-2-3-16(23)15-7-12-27-13-15/h1,4,7-8,12-14,16H,2-3,5-6,9-11H2. The molecule has 0 radical (unpaired) electrons. The van der Waals surface area contributed by atoms with E-state index in [4.69, 9.17) is 11.6 Å². The Morgan fingerprint density at radius 1 is 1.18 bits per heavy atom. The van der Waals surface area contributed by atoms with Crippen molar-refractivity contribution in [3.8, 4) is 0 Å². The van der Waals surface area contributed by atoms with Crippen molar-refractivity contribution in [2.24, 2.45) is 5.92 Å². The summed E-state index contributed by atoms with van der Waals surface area (Å²) in [5.74, 6) is 0.0280. The van der Waals surface area contributed by atoms with Crippen molar-refractivity contribution in [3.05, 3.63) is 45.9 Å². The number of hydrogen-bond donors (Lipinski definition) is 0. The van der Waals surface area contributed by atoms with Crippen molar-refractivity contribution in [2.75, 3.05) is 19.6 Å². The first-order valence-corrected chi connectivity index (χ1v) is 12.2. The highest BCUT2D eigenvalue weighted by atomic mass is 35.5. The Hall–Kier alpha value is -1.48. The van der Waals surface area contributed by atoms with Crippen LogP contribution in [0.15, 0.2) is 40.1 Å². The molecule has 9 heteroatoms. The van der Waals surface area contributed by atoms with E-state index in [2.05, 4.69) is 16.4 Å². The second-order valence-electron chi connectivity index (χ2n) is 7.22. The molecule has 28 heavy (non-hydrogen) atoms. The summed E-state index contributed by atoms with van der Waals surface area (Å²) in [7, 11) is -3.69. The summed E-state index contributed by atoms with van der Waals surface area (Å²) in [5.41, 5.74) is 1.21. The van der Waals surface area contributed by atoms with Gasteiger partial charge in [0.25, 0.3) is 0 Å². The highest BCUT2D eigenvalue weighted by Crippen LogP contribution is 2.36. The summed E-state index contributed by atoms with van der Waals surface area (Å²) in [6, 6.07) is 5.29. The fourth-order valence-corrected chi connectivity index (χ4v) is 6.73. The first kappa shape index (κ1) is 19.8. The van der Waals surface area contributed by atoms with Gasteiger partial charge in [0.05, 0.1) is 6.04 Å². The van der Waals surface area contributed by atoms with Crippen molar-refractivity contribution in [1.82, 2.24) is 14.2 Å². The van der Waals surface area contributed by atoms with Crippen LogP contribution >= 0.6 is 22.9 Å². The van der Waals surface area contributed by atoms with Crippen molar-refractivity contribution in [3.63, 3.8) is 0 Å². The molecule has 0 spiro atoms. The number of piperidine rings is 1. The number of rotatable bonds is 4. The molecule has 1 atom stereocenters. The van der Waals surface area contributed by atoms with Crippen LogP contribution in [0.2, 0.25) is 5.15 Å². The number of amides is 1. The van der Waals surface area contributed by atoms with E-state index in [0.29, 0.717) is 25.9 Å². The molecule has 2 saturated heterocycles. The fourth-order valence-electron chi connectivity index (χ4n) is 4.12. The van der Waals surface area contributed by atoms with E-state index in [9.17, 15) is 13.2 Å². The van der Waals surface area contributed by atoms with Crippen LogP contribution in [0.3, 0.4) is 0 Å². The van der Waals surface area contributed by atoms with Crippen LogP contribution in [-0.2, 0) is 14.8 Å². The predicted octanol–water partition coefficient (Wildman–Crippen LogP) is 3.56. The van der Waals surface area contributed by atoms with Gasteiger partial charge in [-0.2, -0.15) is 15.6 Å². The third-order valence-corrected chi connectivity index (χ3v) is 8.65. The van der Waals surface area contributed by atoms with Gasteiger partial charge in [0, 0.05) is 31.7 Å². The quantitative estimate of drug-likeness (QED) is 0.683. The van der Waals surface area contributed by atoms with Gasteiger partial charge in [-0.15, -0.1) is 0 Å². The van der Waals surface area contributed by atoms with E-state index >= 15 is 0 Å². The summed E-state index contributed by atoms with van der Waals surface area (Å²) in [5, 5.41) is 4.14. The topological polar surface area (TPSA) is 70.6 Å². The number of aromatic nitrogens is 1. The maximum absolute atomic E-state index is 13.1. The van der Waals surface area contributed by atoms with Crippen LogP contribution in [0.5, 0.6) is 0 Å². The lowest BCUT2D eigenvalue weighted by atomic mass is 9.95. The fraction of sp³-hybridized carbons (Fsp3) is 0.474. The molecule has 0 aromatic carbocycles. The molecule has 0 N–H and O–H groups in total. The third-order valence-electron chi connectivity index (χ3n) is 5.61. The molecule has 4 rings (SSSR count).